The fourth-order valence-electron chi connectivity index (χ4n) is 1.65. The number of anilines is 1. The Balaban J connectivity index is 2.89. The number of aryl methyl sites for hydroxylation is 1. The molecule has 0 saturated carbocycles. The summed E-state index contributed by atoms with van der Waals surface area (Å²) in [6.45, 7) is 5.76. The summed E-state index contributed by atoms with van der Waals surface area (Å²) in [5.41, 5.74) is 7.71. The van der Waals surface area contributed by atoms with Crippen molar-refractivity contribution in [1.82, 2.24) is 0 Å². The van der Waals surface area contributed by atoms with E-state index in [4.69, 9.17) is 11.0 Å². The van der Waals surface area contributed by atoms with Gasteiger partial charge in [-0.1, -0.05) is 32.4 Å². The quantitative estimate of drug-likeness (QED) is 0.853. The molecule has 0 heterocycles. The van der Waals surface area contributed by atoms with Crippen LogP contribution in [0, 0.1) is 24.2 Å². The second-order valence-electron chi connectivity index (χ2n) is 4.51. The van der Waals surface area contributed by atoms with Crippen LogP contribution in [-0.2, 0) is 4.79 Å². The van der Waals surface area contributed by atoms with Gasteiger partial charge in [0.2, 0.25) is 5.91 Å². The van der Waals surface area contributed by atoms with E-state index in [1.54, 1.807) is 12.1 Å². The summed E-state index contributed by atoms with van der Waals surface area (Å²) in [5, 5.41) is 11.8. The van der Waals surface area contributed by atoms with Crippen LogP contribution in [0.15, 0.2) is 18.2 Å². The fraction of sp³-hybridized carbons (Fsp3) is 0.429. The van der Waals surface area contributed by atoms with E-state index >= 15 is 0 Å². The Kier molecular flexibility index (Phi) is 4.87. The number of carbonyl (C=O) groups is 1. The van der Waals surface area contributed by atoms with Gasteiger partial charge >= 0.3 is 0 Å². The normalized spacial score (nSPS) is 13.5. The maximum absolute atomic E-state index is 11.9. The van der Waals surface area contributed by atoms with E-state index in [0.717, 1.165) is 12.0 Å². The first-order valence-electron chi connectivity index (χ1n) is 6.07. The van der Waals surface area contributed by atoms with Gasteiger partial charge in [-0.25, -0.2) is 0 Å². The Morgan fingerprint density at radius 3 is 2.78 bits per heavy atom. The molecule has 2 atom stereocenters. The number of nitrogens with zero attached hydrogens (tertiary/aromatic N) is 1. The zero-order valence-corrected chi connectivity index (χ0v) is 11.0. The molecule has 4 nitrogen and oxygen atoms in total. The molecule has 0 aromatic heterocycles. The number of hydrogen-bond acceptors (Lipinski definition) is 3. The minimum absolute atomic E-state index is 0.111. The van der Waals surface area contributed by atoms with Gasteiger partial charge in [-0.15, -0.1) is 0 Å². The lowest BCUT2D eigenvalue weighted by Crippen LogP contribution is -2.40. The molecule has 3 N–H and O–H groups in total. The number of amides is 1. The Hall–Kier alpha value is -1.86. The standard InChI is InChI=1S/C14H19N3O/c1-4-9(2)13(16)14(18)17-12-7-5-6-10(3)11(12)8-15/h5-7,9,13H,4,16H2,1-3H3,(H,17,18). The molecule has 96 valence electrons. The van der Waals surface area contributed by atoms with E-state index in [9.17, 15) is 4.79 Å². The van der Waals surface area contributed by atoms with Crippen molar-refractivity contribution in [2.75, 3.05) is 5.32 Å². The van der Waals surface area contributed by atoms with Gasteiger partial charge in [0.05, 0.1) is 17.3 Å². The van der Waals surface area contributed by atoms with E-state index < -0.39 is 6.04 Å². The van der Waals surface area contributed by atoms with Crippen molar-refractivity contribution in [1.29, 1.82) is 5.26 Å². The third-order valence-corrected chi connectivity index (χ3v) is 3.20. The minimum atomic E-state index is -0.554. The van der Waals surface area contributed by atoms with Gasteiger partial charge < -0.3 is 11.1 Å². The highest BCUT2D eigenvalue weighted by atomic mass is 16.2. The summed E-state index contributed by atoms with van der Waals surface area (Å²) in [6.07, 6.45) is 0.841. The summed E-state index contributed by atoms with van der Waals surface area (Å²) in [6, 6.07) is 6.90. The van der Waals surface area contributed by atoms with Crippen molar-refractivity contribution in [3.05, 3.63) is 29.3 Å². The molecule has 0 spiro atoms. The molecule has 0 bridgehead atoms. The van der Waals surface area contributed by atoms with E-state index in [1.165, 1.54) is 0 Å². The second-order valence-corrected chi connectivity index (χ2v) is 4.51. The Labute approximate surface area is 108 Å². The van der Waals surface area contributed by atoms with Gasteiger partial charge in [0.15, 0.2) is 0 Å². The Morgan fingerprint density at radius 2 is 2.22 bits per heavy atom. The van der Waals surface area contributed by atoms with Crippen LogP contribution in [0.4, 0.5) is 5.69 Å². The number of benzene rings is 1. The molecule has 0 aliphatic rings. The van der Waals surface area contributed by atoms with Crippen LogP contribution in [-0.4, -0.2) is 11.9 Å². The van der Waals surface area contributed by atoms with Gasteiger partial charge in [0.25, 0.3) is 0 Å². The number of nitriles is 1. The number of hydrogen-bond donors (Lipinski definition) is 2. The van der Waals surface area contributed by atoms with Crippen molar-refractivity contribution in [2.45, 2.75) is 33.2 Å². The monoisotopic (exact) mass is 245 g/mol. The number of nitrogens with one attached hydrogen (secondary N) is 1. The molecule has 0 saturated heterocycles. The van der Waals surface area contributed by atoms with Crippen molar-refractivity contribution in [3.8, 4) is 6.07 Å². The van der Waals surface area contributed by atoms with Gasteiger partial charge in [0, 0.05) is 0 Å². The fourth-order valence-corrected chi connectivity index (χ4v) is 1.65. The van der Waals surface area contributed by atoms with Crippen LogP contribution in [0.2, 0.25) is 0 Å². The second kappa shape index (κ2) is 6.18. The van der Waals surface area contributed by atoms with Gasteiger partial charge in [-0.05, 0) is 24.5 Å². The third kappa shape index (κ3) is 3.08. The van der Waals surface area contributed by atoms with Crippen LogP contribution in [0.1, 0.15) is 31.4 Å². The minimum Gasteiger partial charge on any atom is -0.324 e. The highest BCUT2D eigenvalue weighted by molar-refractivity contribution is 5.96. The Bertz CT molecular complexity index is 476. The first-order valence-corrected chi connectivity index (χ1v) is 6.07. The molecule has 1 aromatic carbocycles. The molecular formula is C14H19N3O. The van der Waals surface area contributed by atoms with E-state index in [2.05, 4.69) is 11.4 Å². The average Bonchev–Trinajstić information content (AvgIpc) is 2.37. The third-order valence-electron chi connectivity index (χ3n) is 3.20. The molecular weight excluding hydrogens is 226 g/mol. The van der Waals surface area contributed by atoms with Crippen molar-refractivity contribution in [2.24, 2.45) is 11.7 Å². The van der Waals surface area contributed by atoms with E-state index in [-0.39, 0.29) is 11.8 Å². The molecule has 0 aliphatic heterocycles. The van der Waals surface area contributed by atoms with Crippen LogP contribution < -0.4 is 11.1 Å². The average molecular weight is 245 g/mol. The number of carbonyl (C=O) groups excluding carboxylic acids is 1. The van der Waals surface area contributed by atoms with Crippen molar-refractivity contribution in [3.63, 3.8) is 0 Å². The molecule has 1 amide bonds. The summed E-state index contributed by atoms with van der Waals surface area (Å²) in [5.74, 6) is -0.133. The molecule has 4 heteroatoms. The predicted octanol–water partition coefficient (Wildman–Crippen LogP) is 2.18. The van der Waals surface area contributed by atoms with Crippen molar-refractivity contribution >= 4 is 11.6 Å². The maximum atomic E-state index is 11.9. The topological polar surface area (TPSA) is 78.9 Å². The first-order chi connectivity index (χ1) is 8.51. The maximum Gasteiger partial charge on any atom is 0.241 e. The summed E-state index contributed by atoms with van der Waals surface area (Å²) in [7, 11) is 0. The number of nitrogens with two attached hydrogens (primary N) is 1. The molecule has 0 radical (unpaired) electrons. The lowest BCUT2D eigenvalue weighted by Gasteiger charge is -2.18. The first kappa shape index (κ1) is 14.2. The van der Waals surface area contributed by atoms with Gasteiger partial charge in [0.1, 0.15) is 6.07 Å². The zero-order valence-electron chi connectivity index (χ0n) is 11.0. The van der Waals surface area contributed by atoms with Crippen molar-refractivity contribution < 1.29 is 4.79 Å². The van der Waals surface area contributed by atoms with E-state index in [1.807, 2.05) is 26.8 Å². The molecule has 0 aliphatic carbocycles. The molecule has 18 heavy (non-hydrogen) atoms. The molecule has 0 fully saturated rings. The zero-order chi connectivity index (χ0) is 13.7. The van der Waals surface area contributed by atoms with E-state index in [0.29, 0.717) is 11.3 Å². The van der Waals surface area contributed by atoms with Gasteiger partial charge in [-0.3, -0.25) is 4.79 Å². The SMILES string of the molecule is CCC(C)C(N)C(=O)Nc1cccc(C)c1C#N. The summed E-state index contributed by atoms with van der Waals surface area (Å²) in [4.78, 5) is 11.9. The molecule has 1 aromatic rings. The van der Waals surface area contributed by atoms with Crippen LogP contribution in [0.25, 0.3) is 0 Å². The highest BCUT2D eigenvalue weighted by Gasteiger charge is 2.20. The smallest absolute Gasteiger partial charge is 0.241 e. The van der Waals surface area contributed by atoms with Crippen LogP contribution in [0.5, 0.6) is 0 Å². The molecule has 1 rings (SSSR count). The lowest BCUT2D eigenvalue weighted by molar-refractivity contribution is -0.118. The molecule has 2 unspecified atom stereocenters. The van der Waals surface area contributed by atoms with Gasteiger partial charge in [-0.2, -0.15) is 5.26 Å². The lowest BCUT2D eigenvalue weighted by atomic mass is 9.99. The Morgan fingerprint density at radius 1 is 1.56 bits per heavy atom. The number of rotatable bonds is 4. The van der Waals surface area contributed by atoms with Crippen LogP contribution >= 0.6 is 0 Å². The predicted molar refractivity (Wildman–Crippen MR) is 72.0 cm³/mol. The summed E-state index contributed by atoms with van der Waals surface area (Å²) >= 11 is 0. The largest absolute Gasteiger partial charge is 0.324 e. The summed E-state index contributed by atoms with van der Waals surface area (Å²) < 4.78 is 0. The highest BCUT2D eigenvalue weighted by Crippen LogP contribution is 2.19. The van der Waals surface area contributed by atoms with Crippen LogP contribution in [0.3, 0.4) is 0 Å².